The van der Waals surface area contributed by atoms with E-state index in [1.54, 1.807) is 0 Å². The molecule has 1 aromatic heterocycles. The summed E-state index contributed by atoms with van der Waals surface area (Å²) in [6, 6.07) is 5.90. The van der Waals surface area contributed by atoms with Gasteiger partial charge in [0.15, 0.2) is 0 Å². The molecule has 20 heavy (non-hydrogen) atoms. The van der Waals surface area contributed by atoms with Gasteiger partial charge in [0.25, 0.3) is 0 Å². The molecular formula is C13H16ClN5O. The molecule has 0 spiro atoms. The maximum atomic E-state index is 6.09. The van der Waals surface area contributed by atoms with Gasteiger partial charge in [0.1, 0.15) is 0 Å². The molecule has 2 aromatic rings. The molecule has 0 aliphatic heterocycles. The summed E-state index contributed by atoms with van der Waals surface area (Å²) in [5.41, 5.74) is 1.81. The average molecular weight is 294 g/mol. The fraction of sp³-hybridized carbons (Fsp3) is 0.308. The minimum Gasteiger partial charge on any atom is -0.467 e. The molecule has 0 atom stereocenters. The first-order valence-corrected chi connectivity index (χ1v) is 6.57. The molecule has 7 heteroatoms. The van der Waals surface area contributed by atoms with Crippen LogP contribution in [-0.4, -0.2) is 28.6 Å². The van der Waals surface area contributed by atoms with Crippen molar-refractivity contribution >= 4 is 29.2 Å². The van der Waals surface area contributed by atoms with Crippen LogP contribution in [0.15, 0.2) is 18.2 Å². The van der Waals surface area contributed by atoms with Crippen LogP contribution in [0.4, 0.5) is 17.6 Å². The smallest absolute Gasteiger partial charge is 0.322 e. The molecule has 0 amide bonds. The van der Waals surface area contributed by atoms with Gasteiger partial charge in [-0.05, 0) is 31.5 Å². The van der Waals surface area contributed by atoms with Gasteiger partial charge >= 0.3 is 6.01 Å². The Morgan fingerprint density at radius 1 is 1.20 bits per heavy atom. The number of benzene rings is 1. The van der Waals surface area contributed by atoms with Gasteiger partial charge in [-0.3, -0.25) is 0 Å². The second-order valence-electron chi connectivity index (χ2n) is 4.09. The van der Waals surface area contributed by atoms with Crippen LogP contribution in [0.5, 0.6) is 6.01 Å². The normalized spacial score (nSPS) is 10.2. The minimum absolute atomic E-state index is 0.247. The van der Waals surface area contributed by atoms with Crippen molar-refractivity contribution in [2.45, 2.75) is 13.8 Å². The minimum atomic E-state index is 0.247. The Labute approximate surface area is 122 Å². The highest BCUT2D eigenvalue weighted by molar-refractivity contribution is 6.31. The van der Waals surface area contributed by atoms with E-state index >= 15 is 0 Å². The molecule has 1 heterocycles. The van der Waals surface area contributed by atoms with Crippen LogP contribution in [0.2, 0.25) is 5.02 Å². The molecule has 106 valence electrons. The Bertz CT molecular complexity index is 605. The molecule has 0 saturated carbocycles. The molecule has 0 aliphatic rings. The second-order valence-corrected chi connectivity index (χ2v) is 4.50. The van der Waals surface area contributed by atoms with E-state index < -0.39 is 0 Å². The van der Waals surface area contributed by atoms with Crippen molar-refractivity contribution in [3.05, 3.63) is 28.8 Å². The van der Waals surface area contributed by atoms with Gasteiger partial charge in [-0.2, -0.15) is 15.0 Å². The Morgan fingerprint density at radius 3 is 2.60 bits per heavy atom. The molecule has 0 aliphatic carbocycles. The zero-order valence-electron chi connectivity index (χ0n) is 11.6. The third-order valence-corrected chi connectivity index (χ3v) is 2.97. The number of hydrogen-bond donors (Lipinski definition) is 2. The Kier molecular flexibility index (Phi) is 4.57. The summed E-state index contributed by atoms with van der Waals surface area (Å²) in [7, 11) is 1.51. The molecular weight excluding hydrogens is 278 g/mol. The molecule has 2 rings (SSSR count). The lowest BCUT2D eigenvalue weighted by atomic mass is 10.2. The van der Waals surface area contributed by atoms with Crippen LogP contribution in [0.3, 0.4) is 0 Å². The van der Waals surface area contributed by atoms with Crippen LogP contribution < -0.4 is 15.4 Å². The lowest BCUT2D eigenvalue weighted by Crippen LogP contribution is -2.07. The van der Waals surface area contributed by atoms with E-state index in [1.807, 2.05) is 32.0 Å². The Hall–Kier alpha value is -2.08. The number of aryl methyl sites for hydroxylation is 1. The summed E-state index contributed by atoms with van der Waals surface area (Å²) in [5, 5.41) is 6.78. The highest BCUT2D eigenvalue weighted by atomic mass is 35.5. The summed E-state index contributed by atoms with van der Waals surface area (Å²) in [5.74, 6) is 0.854. The van der Waals surface area contributed by atoms with E-state index in [0.717, 1.165) is 11.3 Å². The van der Waals surface area contributed by atoms with Crippen molar-refractivity contribution in [1.82, 2.24) is 15.0 Å². The second kappa shape index (κ2) is 6.38. The standard InChI is InChI=1S/C13H16ClN5O/c1-4-15-11-17-12(19-13(18-11)20-3)16-9-6-5-8(2)10(14)7-9/h5-7H,4H2,1-3H3,(H2,15,16,17,18,19). The van der Waals surface area contributed by atoms with Crippen LogP contribution in [0, 0.1) is 6.92 Å². The quantitative estimate of drug-likeness (QED) is 0.883. The van der Waals surface area contributed by atoms with Gasteiger partial charge in [-0.25, -0.2) is 0 Å². The topological polar surface area (TPSA) is 72.0 Å². The first-order valence-electron chi connectivity index (χ1n) is 6.19. The summed E-state index contributed by atoms with van der Waals surface area (Å²) >= 11 is 6.09. The van der Waals surface area contributed by atoms with Gasteiger partial charge < -0.3 is 15.4 Å². The van der Waals surface area contributed by atoms with Gasteiger partial charge in [-0.15, -0.1) is 0 Å². The van der Waals surface area contributed by atoms with E-state index in [1.165, 1.54) is 7.11 Å². The molecule has 0 fully saturated rings. The van der Waals surface area contributed by atoms with Crippen molar-refractivity contribution in [1.29, 1.82) is 0 Å². The van der Waals surface area contributed by atoms with Crippen molar-refractivity contribution in [2.24, 2.45) is 0 Å². The lowest BCUT2D eigenvalue weighted by Gasteiger charge is -2.09. The summed E-state index contributed by atoms with van der Waals surface area (Å²) in [4.78, 5) is 12.5. The molecule has 2 N–H and O–H groups in total. The van der Waals surface area contributed by atoms with E-state index in [2.05, 4.69) is 25.6 Å². The number of nitrogens with zero attached hydrogens (tertiary/aromatic N) is 3. The number of halogens is 1. The predicted molar refractivity (Wildman–Crippen MR) is 80.0 cm³/mol. The first-order chi connectivity index (χ1) is 9.62. The highest BCUT2D eigenvalue weighted by Crippen LogP contribution is 2.22. The fourth-order valence-electron chi connectivity index (χ4n) is 1.54. The van der Waals surface area contributed by atoms with Gasteiger partial charge in [0, 0.05) is 17.3 Å². The average Bonchev–Trinajstić information content (AvgIpc) is 2.43. The monoisotopic (exact) mass is 293 g/mol. The third-order valence-electron chi connectivity index (χ3n) is 2.56. The fourth-order valence-corrected chi connectivity index (χ4v) is 1.72. The number of anilines is 3. The molecule has 1 aromatic carbocycles. The number of nitrogens with one attached hydrogen (secondary N) is 2. The molecule has 0 saturated heterocycles. The first kappa shape index (κ1) is 14.3. The number of aromatic nitrogens is 3. The highest BCUT2D eigenvalue weighted by Gasteiger charge is 2.07. The maximum absolute atomic E-state index is 6.09. The van der Waals surface area contributed by atoms with Crippen molar-refractivity contribution < 1.29 is 4.74 Å². The number of hydrogen-bond acceptors (Lipinski definition) is 6. The lowest BCUT2D eigenvalue weighted by molar-refractivity contribution is 0.379. The Morgan fingerprint density at radius 2 is 1.95 bits per heavy atom. The van der Waals surface area contributed by atoms with Crippen LogP contribution in [0.25, 0.3) is 0 Å². The van der Waals surface area contributed by atoms with E-state index in [4.69, 9.17) is 16.3 Å². The van der Waals surface area contributed by atoms with Crippen LogP contribution in [-0.2, 0) is 0 Å². The van der Waals surface area contributed by atoms with E-state index in [-0.39, 0.29) is 6.01 Å². The van der Waals surface area contributed by atoms with Crippen molar-refractivity contribution in [3.63, 3.8) is 0 Å². The third kappa shape index (κ3) is 3.48. The molecule has 0 bridgehead atoms. The van der Waals surface area contributed by atoms with Gasteiger partial charge in [0.2, 0.25) is 11.9 Å². The number of rotatable bonds is 5. The maximum Gasteiger partial charge on any atom is 0.322 e. The predicted octanol–water partition coefficient (Wildman–Crippen LogP) is 3.02. The van der Waals surface area contributed by atoms with Crippen molar-refractivity contribution in [3.8, 4) is 6.01 Å². The van der Waals surface area contributed by atoms with E-state index in [9.17, 15) is 0 Å². The summed E-state index contributed by atoms with van der Waals surface area (Å²) in [6.45, 7) is 4.62. The molecule has 6 nitrogen and oxygen atoms in total. The van der Waals surface area contributed by atoms with Gasteiger partial charge in [0.05, 0.1) is 7.11 Å². The summed E-state index contributed by atoms with van der Waals surface area (Å²) in [6.07, 6.45) is 0. The van der Waals surface area contributed by atoms with E-state index in [0.29, 0.717) is 23.5 Å². The largest absolute Gasteiger partial charge is 0.467 e. The number of ether oxygens (including phenoxy) is 1. The number of methoxy groups -OCH3 is 1. The zero-order valence-corrected chi connectivity index (χ0v) is 12.3. The van der Waals surface area contributed by atoms with Crippen molar-refractivity contribution in [2.75, 3.05) is 24.3 Å². The van der Waals surface area contributed by atoms with Crippen LogP contribution >= 0.6 is 11.6 Å². The SMILES string of the molecule is CCNc1nc(Nc2ccc(C)c(Cl)c2)nc(OC)n1. The zero-order chi connectivity index (χ0) is 14.5. The molecule has 0 unspecified atom stereocenters. The molecule has 0 radical (unpaired) electrons. The van der Waals surface area contributed by atoms with Gasteiger partial charge in [-0.1, -0.05) is 17.7 Å². The van der Waals surface area contributed by atoms with Crippen LogP contribution in [0.1, 0.15) is 12.5 Å². The Balaban J connectivity index is 2.27. The summed E-state index contributed by atoms with van der Waals surface area (Å²) < 4.78 is 5.05.